The number of aromatic nitrogens is 1. The molecule has 3 rings (SSSR count). The molecule has 3 aromatic rings. The van der Waals surface area contributed by atoms with Gasteiger partial charge in [0.15, 0.2) is 6.10 Å². The van der Waals surface area contributed by atoms with Gasteiger partial charge in [0.05, 0.1) is 5.56 Å². The molecule has 1 heterocycles. The third kappa shape index (κ3) is 4.76. The van der Waals surface area contributed by atoms with Crippen LogP contribution in [-0.2, 0) is 16.0 Å². The zero-order valence-corrected chi connectivity index (χ0v) is 15.6. The third-order valence-electron chi connectivity index (χ3n) is 4.56. The molecule has 0 bridgehead atoms. The largest absolute Gasteiger partial charge is 0.449 e. The maximum absolute atomic E-state index is 12.4. The van der Waals surface area contributed by atoms with Crippen LogP contribution in [0.15, 0.2) is 60.8 Å². The van der Waals surface area contributed by atoms with Crippen molar-refractivity contribution in [1.82, 2.24) is 10.3 Å². The van der Waals surface area contributed by atoms with Gasteiger partial charge in [-0.1, -0.05) is 48.5 Å². The van der Waals surface area contributed by atoms with Crippen LogP contribution in [0.3, 0.4) is 0 Å². The summed E-state index contributed by atoms with van der Waals surface area (Å²) in [6, 6.07) is 17.6. The van der Waals surface area contributed by atoms with Gasteiger partial charge in [0.25, 0.3) is 5.91 Å². The first-order valence-electron chi connectivity index (χ1n) is 9.16. The maximum atomic E-state index is 12.4. The second-order valence-electron chi connectivity index (χ2n) is 6.73. The van der Waals surface area contributed by atoms with Crippen LogP contribution in [-0.4, -0.2) is 29.0 Å². The van der Waals surface area contributed by atoms with Crippen LogP contribution in [0.5, 0.6) is 0 Å². The molecule has 0 radical (unpaired) electrons. The van der Waals surface area contributed by atoms with Gasteiger partial charge in [0, 0.05) is 23.1 Å². The zero-order valence-electron chi connectivity index (χ0n) is 15.6. The number of benzene rings is 2. The van der Waals surface area contributed by atoms with Crippen molar-refractivity contribution in [3.8, 4) is 0 Å². The van der Waals surface area contributed by atoms with E-state index in [2.05, 4.69) is 22.4 Å². The third-order valence-corrected chi connectivity index (χ3v) is 4.56. The molecule has 2 N–H and O–H groups in total. The molecule has 0 aliphatic rings. The molecule has 0 aliphatic carbocycles. The molecule has 2 atom stereocenters. The van der Waals surface area contributed by atoms with E-state index in [1.807, 2.05) is 49.4 Å². The van der Waals surface area contributed by atoms with E-state index in [1.165, 1.54) is 5.56 Å². The van der Waals surface area contributed by atoms with Crippen molar-refractivity contribution in [2.45, 2.75) is 38.8 Å². The van der Waals surface area contributed by atoms with Crippen molar-refractivity contribution in [1.29, 1.82) is 0 Å². The summed E-state index contributed by atoms with van der Waals surface area (Å²) >= 11 is 0. The highest BCUT2D eigenvalue weighted by molar-refractivity contribution is 6.04. The van der Waals surface area contributed by atoms with E-state index in [-0.39, 0.29) is 11.9 Å². The summed E-state index contributed by atoms with van der Waals surface area (Å²) in [5.74, 6) is -0.796. The molecule has 2 aromatic carbocycles. The summed E-state index contributed by atoms with van der Waals surface area (Å²) in [5.41, 5.74) is 2.52. The van der Waals surface area contributed by atoms with Crippen LogP contribution in [0.2, 0.25) is 0 Å². The summed E-state index contributed by atoms with van der Waals surface area (Å²) < 4.78 is 5.36. The lowest BCUT2D eigenvalue weighted by molar-refractivity contribution is -0.129. The summed E-state index contributed by atoms with van der Waals surface area (Å²) in [5, 5.41) is 3.70. The van der Waals surface area contributed by atoms with Gasteiger partial charge in [0.1, 0.15) is 0 Å². The number of esters is 1. The summed E-state index contributed by atoms with van der Waals surface area (Å²) in [4.78, 5) is 27.8. The fourth-order valence-electron chi connectivity index (χ4n) is 2.98. The standard InChI is InChI=1S/C22H24N2O3/c1-15(12-13-17-8-4-3-5-9-17)24-21(25)16(2)27-22(26)19-14-23-20-11-7-6-10-18(19)20/h3-11,14-16,23H,12-13H2,1-2H3,(H,24,25)/t15-,16+/m0/s1. The van der Waals surface area contributed by atoms with Crippen LogP contribution in [0, 0.1) is 0 Å². The van der Waals surface area contributed by atoms with E-state index in [1.54, 1.807) is 13.1 Å². The van der Waals surface area contributed by atoms with Crippen molar-refractivity contribution in [3.63, 3.8) is 0 Å². The Bertz CT molecular complexity index is 917. The fraction of sp³-hybridized carbons (Fsp3) is 0.273. The van der Waals surface area contributed by atoms with E-state index in [4.69, 9.17) is 4.74 Å². The van der Waals surface area contributed by atoms with Crippen LogP contribution in [0.1, 0.15) is 36.2 Å². The number of amides is 1. The Hall–Kier alpha value is -3.08. The normalized spacial score (nSPS) is 13.1. The van der Waals surface area contributed by atoms with Gasteiger partial charge >= 0.3 is 5.97 Å². The molecular formula is C22H24N2O3. The summed E-state index contributed by atoms with van der Waals surface area (Å²) in [6.45, 7) is 3.54. The topological polar surface area (TPSA) is 71.2 Å². The van der Waals surface area contributed by atoms with Crippen molar-refractivity contribution in [2.75, 3.05) is 0 Å². The number of ether oxygens (including phenoxy) is 1. The number of H-pyrrole nitrogens is 1. The monoisotopic (exact) mass is 364 g/mol. The Balaban J connectivity index is 1.51. The van der Waals surface area contributed by atoms with Crippen LogP contribution in [0.4, 0.5) is 0 Å². The quantitative estimate of drug-likeness (QED) is 0.626. The van der Waals surface area contributed by atoms with Gasteiger partial charge in [-0.15, -0.1) is 0 Å². The number of aryl methyl sites for hydroxylation is 1. The minimum absolute atomic E-state index is 0.00746. The number of hydrogen-bond donors (Lipinski definition) is 2. The van der Waals surface area contributed by atoms with E-state index in [0.717, 1.165) is 23.7 Å². The highest BCUT2D eigenvalue weighted by Gasteiger charge is 2.22. The first-order chi connectivity index (χ1) is 13.0. The molecule has 0 aliphatic heterocycles. The molecule has 0 spiro atoms. The fourth-order valence-corrected chi connectivity index (χ4v) is 2.98. The van der Waals surface area contributed by atoms with Gasteiger partial charge in [-0.25, -0.2) is 4.79 Å². The molecule has 0 unspecified atom stereocenters. The van der Waals surface area contributed by atoms with Gasteiger partial charge in [-0.3, -0.25) is 4.79 Å². The number of rotatable bonds is 7. The van der Waals surface area contributed by atoms with E-state index in [9.17, 15) is 9.59 Å². The van der Waals surface area contributed by atoms with E-state index < -0.39 is 12.1 Å². The van der Waals surface area contributed by atoms with Crippen LogP contribution < -0.4 is 5.32 Å². The molecular weight excluding hydrogens is 340 g/mol. The van der Waals surface area contributed by atoms with Crippen molar-refractivity contribution in [3.05, 3.63) is 71.9 Å². The SMILES string of the molecule is C[C@@H](CCc1ccccc1)NC(=O)[C@@H](C)OC(=O)c1c[nH]c2ccccc12. The van der Waals surface area contributed by atoms with E-state index >= 15 is 0 Å². The molecule has 140 valence electrons. The highest BCUT2D eigenvalue weighted by Crippen LogP contribution is 2.19. The van der Waals surface area contributed by atoms with Gasteiger partial charge in [-0.2, -0.15) is 0 Å². The Kier molecular flexibility index (Phi) is 5.91. The predicted octanol–water partition coefficient (Wildman–Crippen LogP) is 3.85. The van der Waals surface area contributed by atoms with Gasteiger partial charge in [0.2, 0.25) is 0 Å². The van der Waals surface area contributed by atoms with E-state index in [0.29, 0.717) is 5.56 Å². The smallest absolute Gasteiger partial charge is 0.341 e. The molecule has 5 nitrogen and oxygen atoms in total. The number of fused-ring (bicyclic) bond motifs is 1. The minimum atomic E-state index is -0.856. The number of para-hydroxylation sites is 1. The summed E-state index contributed by atoms with van der Waals surface area (Å²) in [7, 11) is 0. The Morgan fingerprint density at radius 2 is 1.74 bits per heavy atom. The second kappa shape index (κ2) is 8.54. The number of carbonyl (C=O) groups excluding carboxylic acids is 2. The minimum Gasteiger partial charge on any atom is -0.449 e. The molecule has 0 saturated heterocycles. The highest BCUT2D eigenvalue weighted by atomic mass is 16.5. The van der Waals surface area contributed by atoms with Crippen molar-refractivity contribution in [2.24, 2.45) is 0 Å². The molecule has 1 aromatic heterocycles. The lowest BCUT2D eigenvalue weighted by Gasteiger charge is -2.18. The Morgan fingerprint density at radius 1 is 1.04 bits per heavy atom. The molecule has 5 heteroatoms. The molecule has 0 fully saturated rings. The van der Waals surface area contributed by atoms with Crippen molar-refractivity contribution < 1.29 is 14.3 Å². The number of aromatic amines is 1. The maximum Gasteiger partial charge on any atom is 0.341 e. The molecule has 0 saturated carbocycles. The van der Waals surface area contributed by atoms with Crippen LogP contribution in [0.25, 0.3) is 10.9 Å². The molecule has 1 amide bonds. The predicted molar refractivity (Wildman–Crippen MR) is 106 cm³/mol. The first-order valence-corrected chi connectivity index (χ1v) is 9.16. The summed E-state index contributed by atoms with van der Waals surface area (Å²) in [6.07, 6.45) is 2.45. The number of nitrogens with one attached hydrogen (secondary N) is 2. The van der Waals surface area contributed by atoms with Gasteiger partial charge < -0.3 is 15.0 Å². The average Bonchev–Trinajstić information content (AvgIpc) is 3.11. The van der Waals surface area contributed by atoms with Crippen molar-refractivity contribution >= 4 is 22.8 Å². The number of hydrogen-bond acceptors (Lipinski definition) is 3. The van der Waals surface area contributed by atoms with Crippen LogP contribution >= 0.6 is 0 Å². The molecule has 27 heavy (non-hydrogen) atoms. The average molecular weight is 364 g/mol. The van der Waals surface area contributed by atoms with Gasteiger partial charge in [-0.05, 0) is 38.3 Å². The zero-order chi connectivity index (χ0) is 19.2. The Labute approximate surface area is 158 Å². The first kappa shape index (κ1) is 18.7. The second-order valence-corrected chi connectivity index (χ2v) is 6.73. The lowest BCUT2D eigenvalue weighted by Crippen LogP contribution is -2.41. The number of carbonyl (C=O) groups is 2. The lowest BCUT2D eigenvalue weighted by atomic mass is 10.1. The Morgan fingerprint density at radius 3 is 2.52 bits per heavy atom.